The summed E-state index contributed by atoms with van der Waals surface area (Å²) in [5, 5.41) is 6.06. The van der Waals surface area contributed by atoms with Crippen molar-refractivity contribution < 1.29 is 8.42 Å². The summed E-state index contributed by atoms with van der Waals surface area (Å²) in [7, 11) is -2.98. The Hall–Kier alpha value is -1.66. The molecule has 2 saturated heterocycles. The van der Waals surface area contributed by atoms with Crippen LogP contribution in [0.1, 0.15) is 0 Å². The van der Waals surface area contributed by atoms with Gasteiger partial charge in [-0.3, -0.25) is 0 Å². The van der Waals surface area contributed by atoms with Gasteiger partial charge in [0.25, 0.3) is 0 Å². The van der Waals surface area contributed by atoms with Gasteiger partial charge >= 0.3 is 0 Å². The number of nitrogens with one attached hydrogen (secondary N) is 1. The van der Waals surface area contributed by atoms with E-state index in [9.17, 15) is 8.42 Å². The molecule has 4 nitrogen and oxygen atoms in total. The van der Waals surface area contributed by atoms with Crippen molar-refractivity contribution in [1.29, 1.82) is 0 Å². The molecule has 0 spiro atoms. The maximum absolute atomic E-state index is 11.8. The van der Waals surface area contributed by atoms with Crippen molar-refractivity contribution in [2.45, 2.75) is 12.1 Å². The highest BCUT2D eigenvalue weighted by Crippen LogP contribution is 2.31. The first-order valence-corrected chi connectivity index (χ1v) is 9.05. The first-order chi connectivity index (χ1) is 10.0. The van der Waals surface area contributed by atoms with Gasteiger partial charge in [0.15, 0.2) is 14.9 Å². The summed E-state index contributed by atoms with van der Waals surface area (Å²) in [6.07, 6.45) is 0. The van der Waals surface area contributed by atoms with E-state index < -0.39 is 9.84 Å². The fourth-order valence-electron chi connectivity index (χ4n) is 3.24. The van der Waals surface area contributed by atoms with Gasteiger partial charge in [0.05, 0.1) is 23.6 Å². The number of nitrogens with zero attached hydrogens (tertiary/aromatic N) is 1. The Kier molecular flexibility index (Phi) is 2.74. The standard InChI is InChI=1S/C15H14N2O2S2/c18-21(19)8-13-14(9-21)17(15(20)16-13)12-6-5-10-3-1-2-4-11(10)7-12/h1-7,13-14H,8-9H2,(H,16,20). The van der Waals surface area contributed by atoms with Gasteiger partial charge in [-0.25, -0.2) is 8.42 Å². The Bertz CT molecular complexity index is 848. The van der Waals surface area contributed by atoms with E-state index >= 15 is 0 Å². The van der Waals surface area contributed by atoms with Gasteiger partial charge in [0, 0.05) is 5.69 Å². The van der Waals surface area contributed by atoms with Gasteiger partial charge in [0.1, 0.15) is 0 Å². The second-order valence-electron chi connectivity index (χ2n) is 5.60. The highest BCUT2D eigenvalue weighted by atomic mass is 32.2. The highest BCUT2D eigenvalue weighted by molar-refractivity contribution is 7.91. The third kappa shape index (κ3) is 2.10. The molecular weight excluding hydrogens is 304 g/mol. The summed E-state index contributed by atoms with van der Waals surface area (Å²) >= 11 is 5.39. The third-order valence-corrected chi connectivity index (χ3v) is 6.22. The van der Waals surface area contributed by atoms with Crippen LogP contribution in [0.3, 0.4) is 0 Å². The number of rotatable bonds is 1. The Morgan fingerprint density at radius 3 is 2.67 bits per heavy atom. The largest absolute Gasteiger partial charge is 0.356 e. The van der Waals surface area contributed by atoms with E-state index in [1.165, 1.54) is 0 Å². The molecule has 4 rings (SSSR count). The number of sulfone groups is 1. The molecule has 2 aromatic carbocycles. The van der Waals surface area contributed by atoms with E-state index in [0.717, 1.165) is 16.5 Å². The van der Waals surface area contributed by atoms with Crippen molar-refractivity contribution in [2.75, 3.05) is 16.4 Å². The quantitative estimate of drug-likeness (QED) is 0.811. The average molecular weight is 318 g/mol. The molecular formula is C15H14N2O2S2. The van der Waals surface area contributed by atoms with Crippen LogP contribution in [0.5, 0.6) is 0 Å². The van der Waals surface area contributed by atoms with Crippen molar-refractivity contribution >= 4 is 43.6 Å². The van der Waals surface area contributed by atoms with Crippen molar-refractivity contribution in [3.05, 3.63) is 42.5 Å². The Morgan fingerprint density at radius 1 is 1.10 bits per heavy atom. The van der Waals surface area contributed by atoms with E-state index in [1.54, 1.807) is 0 Å². The highest BCUT2D eigenvalue weighted by Gasteiger charge is 2.47. The fraction of sp³-hybridized carbons (Fsp3) is 0.267. The molecule has 21 heavy (non-hydrogen) atoms. The zero-order chi connectivity index (χ0) is 14.6. The molecule has 0 amide bonds. The second-order valence-corrected chi connectivity index (χ2v) is 8.14. The maximum atomic E-state index is 11.8. The third-order valence-electron chi connectivity index (χ3n) is 4.19. The van der Waals surface area contributed by atoms with Crippen LogP contribution in [0.15, 0.2) is 42.5 Å². The lowest BCUT2D eigenvalue weighted by molar-refractivity contribution is 0.600. The van der Waals surface area contributed by atoms with Crippen LogP contribution in [-0.2, 0) is 9.84 Å². The fourth-order valence-corrected chi connectivity index (χ4v) is 5.52. The monoisotopic (exact) mass is 318 g/mol. The zero-order valence-electron chi connectivity index (χ0n) is 11.2. The Morgan fingerprint density at radius 2 is 1.86 bits per heavy atom. The van der Waals surface area contributed by atoms with Gasteiger partial charge in [-0.1, -0.05) is 30.3 Å². The van der Waals surface area contributed by atoms with Crippen molar-refractivity contribution in [3.8, 4) is 0 Å². The van der Waals surface area contributed by atoms with E-state index in [1.807, 2.05) is 35.2 Å². The SMILES string of the molecule is O=S1(=O)CC2NC(=S)N(c3ccc4ccccc4c3)C2C1. The summed E-state index contributed by atoms with van der Waals surface area (Å²) in [4.78, 5) is 1.96. The van der Waals surface area contributed by atoms with Crippen LogP contribution in [0.25, 0.3) is 10.8 Å². The average Bonchev–Trinajstić information content (AvgIpc) is 2.88. The Balaban J connectivity index is 1.78. The number of hydrogen-bond acceptors (Lipinski definition) is 3. The summed E-state index contributed by atoms with van der Waals surface area (Å²) in [5.41, 5.74) is 0.954. The van der Waals surface area contributed by atoms with E-state index in [-0.39, 0.29) is 23.6 Å². The predicted molar refractivity (Wildman–Crippen MR) is 88.4 cm³/mol. The molecule has 0 saturated carbocycles. The molecule has 0 aromatic heterocycles. The molecule has 2 heterocycles. The molecule has 2 aliphatic heterocycles. The van der Waals surface area contributed by atoms with Crippen LogP contribution < -0.4 is 10.2 Å². The van der Waals surface area contributed by atoms with Crippen LogP contribution in [0.4, 0.5) is 5.69 Å². The topological polar surface area (TPSA) is 49.4 Å². The Labute approximate surface area is 128 Å². The van der Waals surface area contributed by atoms with Crippen LogP contribution in [0.2, 0.25) is 0 Å². The maximum Gasteiger partial charge on any atom is 0.174 e. The molecule has 6 heteroatoms. The lowest BCUT2D eigenvalue weighted by Gasteiger charge is -2.23. The normalized spacial score (nSPS) is 26.9. The molecule has 1 N–H and O–H groups in total. The van der Waals surface area contributed by atoms with Crippen LogP contribution >= 0.6 is 12.2 Å². The number of hydrogen-bond donors (Lipinski definition) is 1. The van der Waals surface area contributed by atoms with Gasteiger partial charge in [-0.05, 0) is 35.1 Å². The number of anilines is 1. The minimum Gasteiger partial charge on any atom is -0.356 e. The first kappa shape index (κ1) is 13.0. The van der Waals surface area contributed by atoms with Gasteiger partial charge in [-0.15, -0.1) is 0 Å². The molecule has 2 atom stereocenters. The molecule has 2 aromatic rings. The minimum absolute atomic E-state index is 0.0889. The van der Waals surface area contributed by atoms with E-state index in [4.69, 9.17) is 12.2 Å². The summed E-state index contributed by atoms with van der Waals surface area (Å²) < 4.78 is 23.7. The molecule has 0 aliphatic carbocycles. The van der Waals surface area contributed by atoms with Crippen molar-refractivity contribution in [2.24, 2.45) is 0 Å². The number of thiocarbonyl (C=S) groups is 1. The van der Waals surface area contributed by atoms with E-state index in [2.05, 4.69) is 17.4 Å². The first-order valence-electron chi connectivity index (χ1n) is 6.82. The number of fused-ring (bicyclic) bond motifs is 2. The molecule has 2 fully saturated rings. The second kappa shape index (κ2) is 4.42. The lowest BCUT2D eigenvalue weighted by Crippen LogP contribution is -2.36. The summed E-state index contributed by atoms with van der Waals surface area (Å²) in [6, 6.07) is 14.0. The van der Waals surface area contributed by atoms with Crippen LogP contribution in [0, 0.1) is 0 Å². The number of benzene rings is 2. The molecule has 108 valence electrons. The lowest BCUT2D eigenvalue weighted by atomic mass is 10.1. The smallest absolute Gasteiger partial charge is 0.174 e. The molecule has 0 radical (unpaired) electrons. The summed E-state index contributed by atoms with van der Waals surface area (Å²) in [6.45, 7) is 0. The molecule has 2 aliphatic rings. The minimum atomic E-state index is -2.98. The van der Waals surface area contributed by atoms with Gasteiger partial charge in [-0.2, -0.15) is 0 Å². The predicted octanol–water partition coefficient (Wildman–Crippen LogP) is 1.70. The molecule has 2 unspecified atom stereocenters. The molecule has 0 bridgehead atoms. The summed E-state index contributed by atoms with van der Waals surface area (Å²) in [5.74, 6) is 0.333. The van der Waals surface area contributed by atoms with Crippen molar-refractivity contribution in [3.63, 3.8) is 0 Å². The van der Waals surface area contributed by atoms with Crippen molar-refractivity contribution in [1.82, 2.24) is 5.32 Å². The van der Waals surface area contributed by atoms with Gasteiger partial charge < -0.3 is 10.2 Å². The van der Waals surface area contributed by atoms with E-state index in [0.29, 0.717) is 5.11 Å². The van der Waals surface area contributed by atoms with Gasteiger partial charge in [0.2, 0.25) is 0 Å². The van der Waals surface area contributed by atoms with Crippen LogP contribution in [-0.4, -0.2) is 37.1 Å². The zero-order valence-corrected chi connectivity index (χ0v) is 12.8.